The molecule has 0 fully saturated rings. The van der Waals surface area contributed by atoms with E-state index < -0.39 is 0 Å². The van der Waals surface area contributed by atoms with Crippen LogP contribution in [0.25, 0.3) is 0 Å². The van der Waals surface area contributed by atoms with Crippen LogP contribution in [0.2, 0.25) is 0 Å². The lowest BCUT2D eigenvalue weighted by molar-refractivity contribution is 0.00693. The molecular formula is C10H17N3O2S. The zero-order valence-corrected chi connectivity index (χ0v) is 10.6. The molecule has 0 saturated heterocycles. The van der Waals surface area contributed by atoms with Crippen molar-refractivity contribution in [1.29, 1.82) is 0 Å². The lowest BCUT2D eigenvalue weighted by Gasteiger charge is -2.18. The van der Waals surface area contributed by atoms with Gasteiger partial charge in [0.25, 0.3) is 5.56 Å². The summed E-state index contributed by atoms with van der Waals surface area (Å²) in [6.45, 7) is 6.60. The van der Waals surface area contributed by atoms with Crippen molar-refractivity contribution in [3.8, 4) is 0 Å². The van der Waals surface area contributed by atoms with Gasteiger partial charge in [-0.2, -0.15) is 0 Å². The molecule has 0 aromatic carbocycles. The highest BCUT2D eigenvalue weighted by molar-refractivity contribution is 7.99. The van der Waals surface area contributed by atoms with Gasteiger partial charge < -0.3 is 15.5 Å². The number of aromatic nitrogens is 2. The van der Waals surface area contributed by atoms with E-state index >= 15 is 0 Å². The van der Waals surface area contributed by atoms with Gasteiger partial charge >= 0.3 is 0 Å². The molecule has 6 heteroatoms. The zero-order valence-electron chi connectivity index (χ0n) is 9.74. The zero-order chi connectivity index (χ0) is 12.2. The molecule has 16 heavy (non-hydrogen) atoms. The average Bonchev–Trinajstić information content (AvgIpc) is 2.09. The summed E-state index contributed by atoms with van der Waals surface area (Å²) in [5, 5.41) is 0.530. The summed E-state index contributed by atoms with van der Waals surface area (Å²) in [5.41, 5.74) is 5.09. The predicted molar refractivity (Wildman–Crippen MR) is 65.7 cm³/mol. The van der Waals surface area contributed by atoms with Crippen molar-refractivity contribution < 1.29 is 4.74 Å². The van der Waals surface area contributed by atoms with Crippen LogP contribution < -0.4 is 11.3 Å². The molecular weight excluding hydrogens is 226 g/mol. The Bertz CT molecular complexity index is 398. The maximum atomic E-state index is 11.1. The van der Waals surface area contributed by atoms with Crippen LogP contribution >= 0.6 is 11.8 Å². The number of thioether (sulfide) groups is 1. The maximum Gasteiger partial charge on any atom is 0.253 e. The van der Waals surface area contributed by atoms with E-state index in [1.807, 2.05) is 20.8 Å². The number of hydrogen-bond donors (Lipinski definition) is 2. The number of nitrogens with zero attached hydrogens (tertiary/aromatic N) is 1. The first kappa shape index (κ1) is 13.1. The summed E-state index contributed by atoms with van der Waals surface area (Å²) in [6.07, 6.45) is 0. The van der Waals surface area contributed by atoms with Crippen molar-refractivity contribution in [3.05, 3.63) is 16.4 Å². The van der Waals surface area contributed by atoms with E-state index in [-0.39, 0.29) is 17.0 Å². The SMILES string of the molecule is CC(C)(C)OCCSc1nc(N)cc(=O)[nH]1. The molecule has 0 atom stereocenters. The van der Waals surface area contributed by atoms with Crippen molar-refractivity contribution in [1.82, 2.24) is 9.97 Å². The van der Waals surface area contributed by atoms with Crippen molar-refractivity contribution >= 4 is 17.6 Å². The summed E-state index contributed by atoms with van der Waals surface area (Å²) in [6, 6.07) is 1.26. The molecule has 1 aromatic rings. The Labute approximate surface area is 98.8 Å². The first-order valence-electron chi connectivity index (χ1n) is 5.00. The quantitative estimate of drug-likeness (QED) is 0.472. The number of nitrogen functional groups attached to an aromatic ring is 1. The van der Waals surface area contributed by atoms with E-state index in [4.69, 9.17) is 10.5 Å². The van der Waals surface area contributed by atoms with Gasteiger partial charge in [0.1, 0.15) is 5.82 Å². The van der Waals surface area contributed by atoms with Crippen LogP contribution in [0.3, 0.4) is 0 Å². The third-order valence-electron chi connectivity index (χ3n) is 1.60. The van der Waals surface area contributed by atoms with E-state index in [1.54, 1.807) is 0 Å². The van der Waals surface area contributed by atoms with Gasteiger partial charge in [0.05, 0.1) is 12.2 Å². The van der Waals surface area contributed by atoms with Crippen LogP contribution in [0.4, 0.5) is 5.82 Å². The first-order chi connectivity index (χ1) is 7.37. The van der Waals surface area contributed by atoms with Gasteiger partial charge in [-0.1, -0.05) is 11.8 Å². The largest absolute Gasteiger partial charge is 0.383 e. The summed E-state index contributed by atoms with van der Waals surface area (Å²) in [4.78, 5) is 17.7. The highest BCUT2D eigenvalue weighted by atomic mass is 32.2. The molecule has 0 amide bonds. The molecule has 0 aliphatic rings. The number of aromatic amines is 1. The molecule has 1 heterocycles. The number of nitrogens with two attached hydrogens (primary N) is 1. The Morgan fingerprint density at radius 3 is 2.81 bits per heavy atom. The van der Waals surface area contributed by atoms with Gasteiger partial charge in [0, 0.05) is 11.8 Å². The van der Waals surface area contributed by atoms with Crippen LogP contribution in [0.5, 0.6) is 0 Å². The number of ether oxygens (including phenoxy) is 1. The minimum Gasteiger partial charge on any atom is -0.383 e. The molecule has 0 unspecified atom stereocenters. The molecule has 0 bridgehead atoms. The van der Waals surface area contributed by atoms with Crippen LogP contribution in [-0.2, 0) is 4.74 Å². The molecule has 0 saturated carbocycles. The molecule has 0 radical (unpaired) electrons. The van der Waals surface area contributed by atoms with Crippen molar-refractivity contribution in [2.24, 2.45) is 0 Å². The second kappa shape index (κ2) is 5.36. The standard InChI is InChI=1S/C10H17N3O2S/c1-10(2,3)15-4-5-16-9-12-7(11)6-8(14)13-9/h6H,4-5H2,1-3H3,(H3,11,12,13,14). The van der Waals surface area contributed by atoms with E-state index in [0.717, 1.165) is 5.75 Å². The lowest BCUT2D eigenvalue weighted by atomic mass is 10.2. The number of H-pyrrole nitrogens is 1. The average molecular weight is 243 g/mol. The molecule has 0 aliphatic heterocycles. The Balaban J connectivity index is 2.40. The maximum absolute atomic E-state index is 11.1. The van der Waals surface area contributed by atoms with Crippen molar-refractivity contribution in [2.45, 2.75) is 31.5 Å². The fourth-order valence-electron chi connectivity index (χ4n) is 1.01. The number of hydrogen-bond acceptors (Lipinski definition) is 5. The molecule has 1 rings (SSSR count). The fraction of sp³-hybridized carbons (Fsp3) is 0.600. The van der Waals surface area contributed by atoms with Crippen molar-refractivity contribution in [2.75, 3.05) is 18.1 Å². The topological polar surface area (TPSA) is 81.0 Å². The van der Waals surface area contributed by atoms with E-state index in [9.17, 15) is 4.79 Å². The second-order valence-electron chi connectivity index (χ2n) is 4.28. The van der Waals surface area contributed by atoms with Crippen LogP contribution in [0.15, 0.2) is 16.0 Å². The Morgan fingerprint density at radius 2 is 2.25 bits per heavy atom. The smallest absolute Gasteiger partial charge is 0.253 e. The fourth-order valence-corrected chi connectivity index (χ4v) is 1.71. The molecule has 0 spiro atoms. The van der Waals surface area contributed by atoms with Gasteiger partial charge in [0.2, 0.25) is 0 Å². The first-order valence-corrected chi connectivity index (χ1v) is 5.99. The van der Waals surface area contributed by atoms with Gasteiger partial charge in [-0.25, -0.2) is 4.98 Å². The number of rotatable bonds is 4. The highest BCUT2D eigenvalue weighted by Crippen LogP contribution is 2.13. The van der Waals surface area contributed by atoms with Crippen LogP contribution in [0, 0.1) is 0 Å². The number of anilines is 1. The summed E-state index contributed by atoms with van der Waals surface area (Å²) in [7, 11) is 0. The molecule has 5 nitrogen and oxygen atoms in total. The normalized spacial score (nSPS) is 11.7. The van der Waals surface area contributed by atoms with Gasteiger partial charge in [-0.05, 0) is 20.8 Å². The summed E-state index contributed by atoms with van der Waals surface area (Å²) >= 11 is 1.42. The summed E-state index contributed by atoms with van der Waals surface area (Å²) < 4.78 is 5.54. The number of nitrogens with one attached hydrogen (secondary N) is 1. The van der Waals surface area contributed by atoms with E-state index in [0.29, 0.717) is 11.8 Å². The Hall–Kier alpha value is -1.01. The van der Waals surface area contributed by atoms with Crippen LogP contribution in [-0.4, -0.2) is 27.9 Å². The Kier molecular flexibility index (Phi) is 4.37. The molecule has 3 N–H and O–H groups in total. The third-order valence-corrected chi connectivity index (χ3v) is 2.43. The molecule has 0 aliphatic carbocycles. The van der Waals surface area contributed by atoms with Crippen molar-refractivity contribution in [3.63, 3.8) is 0 Å². The van der Waals surface area contributed by atoms with E-state index in [1.165, 1.54) is 17.8 Å². The van der Waals surface area contributed by atoms with Gasteiger partial charge in [-0.3, -0.25) is 4.79 Å². The van der Waals surface area contributed by atoms with Crippen LogP contribution in [0.1, 0.15) is 20.8 Å². The summed E-state index contributed by atoms with van der Waals surface area (Å²) in [5.74, 6) is 0.965. The second-order valence-corrected chi connectivity index (χ2v) is 5.37. The molecule has 90 valence electrons. The lowest BCUT2D eigenvalue weighted by Crippen LogP contribution is -2.20. The molecule has 1 aromatic heterocycles. The minimum atomic E-state index is -0.230. The Morgan fingerprint density at radius 1 is 1.56 bits per heavy atom. The monoisotopic (exact) mass is 243 g/mol. The van der Waals surface area contributed by atoms with Gasteiger partial charge in [0.15, 0.2) is 5.16 Å². The highest BCUT2D eigenvalue weighted by Gasteiger charge is 2.09. The third kappa shape index (κ3) is 5.18. The van der Waals surface area contributed by atoms with Gasteiger partial charge in [-0.15, -0.1) is 0 Å². The minimum absolute atomic E-state index is 0.142. The predicted octanol–water partition coefficient (Wildman–Crippen LogP) is 1.26. The van der Waals surface area contributed by atoms with E-state index in [2.05, 4.69) is 9.97 Å².